The van der Waals surface area contributed by atoms with Gasteiger partial charge in [0.15, 0.2) is 0 Å². The van der Waals surface area contributed by atoms with E-state index in [0.29, 0.717) is 5.69 Å². The summed E-state index contributed by atoms with van der Waals surface area (Å²) in [5, 5.41) is 2.81. The number of rotatable bonds is 4. The number of anilines is 1. The lowest BCUT2D eigenvalue weighted by molar-refractivity contribution is -0.112. The number of carbonyl (C=O) groups is 1. The lowest BCUT2D eigenvalue weighted by Crippen LogP contribution is -2.29. The fourth-order valence-corrected chi connectivity index (χ4v) is 6.80. The van der Waals surface area contributed by atoms with Crippen molar-refractivity contribution >= 4 is 66.7 Å². The smallest absolute Gasteiger partial charge is 0.258 e. The third-order valence-corrected chi connectivity index (χ3v) is 9.11. The Hall–Kier alpha value is -1.68. The maximum absolute atomic E-state index is 13.9. The van der Waals surface area contributed by atoms with E-state index in [2.05, 4.69) is 39.4 Å². The van der Waals surface area contributed by atoms with E-state index in [1.54, 1.807) is 6.08 Å². The number of benzene rings is 1. The van der Waals surface area contributed by atoms with Gasteiger partial charge in [-0.25, -0.2) is 4.39 Å². The standard InChI is InChI=1S/C23H21FI2N2O/c1-16-10-13-28(22-4-2-3-11-26-22)15-20(16)17-5-7-18(8-6-17)27-23(29)19-9-12-25-14-21(19)24/h2-9,11-12,14H,10,13,15H2,1H3,(H,27,29). The molecule has 3 aliphatic heterocycles. The van der Waals surface area contributed by atoms with Gasteiger partial charge in [-0.05, 0) is 56.8 Å². The molecule has 6 heteroatoms. The summed E-state index contributed by atoms with van der Waals surface area (Å²) >= 11 is -0.443. The molecule has 150 valence electrons. The molecule has 0 atom stereocenters. The fourth-order valence-electron chi connectivity index (χ4n) is 3.33. The Morgan fingerprint density at radius 1 is 1.14 bits per heavy atom. The zero-order valence-corrected chi connectivity index (χ0v) is 20.3. The lowest BCUT2D eigenvalue weighted by Gasteiger charge is -2.32. The van der Waals surface area contributed by atoms with Crippen LogP contribution < -0.4 is 5.32 Å². The highest BCUT2D eigenvalue weighted by atomic mass is 127. The average molecular weight is 614 g/mol. The van der Waals surface area contributed by atoms with Gasteiger partial charge in [-0.2, -0.15) is 0 Å². The van der Waals surface area contributed by atoms with Crippen LogP contribution in [0.3, 0.4) is 0 Å². The number of nitrogens with one attached hydrogen (secondary N) is 1. The summed E-state index contributed by atoms with van der Waals surface area (Å²) in [7, 11) is 0. The topological polar surface area (TPSA) is 32.3 Å². The molecule has 3 aliphatic rings. The first-order valence-corrected chi connectivity index (χ1v) is 14.1. The minimum Gasteiger partial charge on any atom is -0.362 e. The molecule has 3 heterocycles. The van der Waals surface area contributed by atoms with Crippen LogP contribution in [0.1, 0.15) is 18.9 Å². The highest BCUT2D eigenvalue weighted by molar-refractivity contribution is 14.2. The van der Waals surface area contributed by atoms with Gasteiger partial charge in [0.1, 0.15) is 5.83 Å². The highest BCUT2D eigenvalue weighted by Gasteiger charge is 2.20. The molecule has 0 spiro atoms. The summed E-state index contributed by atoms with van der Waals surface area (Å²) in [6.07, 6.45) is 9.17. The number of hydrogen-bond acceptors (Lipinski definition) is 2. The van der Waals surface area contributed by atoms with Crippen molar-refractivity contribution in [3.63, 3.8) is 0 Å². The van der Waals surface area contributed by atoms with Crippen LogP contribution in [0, 0.1) is 0 Å². The Kier molecular flexibility index (Phi) is 6.69. The number of carbonyl (C=O) groups excluding carboxylic acids is 1. The van der Waals surface area contributed by atoms with E-state index >= 15 is 0 Å². The van der Waals surface area contributed by atoms with Crippen LogP contribution in [0.25, 0.3) is 5.57 Å². The minimum atomic E-state index is -0.413. The largest absolute Gasteiger partial charge is 0.362 e. The molecule has 29 heavy (non-hydrogen) atoms. The molecule has 1 aromatic rings. The Morgan fingerprint density at radius 2 is 1.97 bits per heavy atom. The second kappa shape index (κ2) is 9.42. The summed E-state index contributed by atoms with van der Waals surface area (Å²) in [4.78, 5) is 14.8. The molecule has 0 radical (unpaired) electrons. The molecule has 0 unspecified atom stereocenters. The maximum atomic E-state index is 13.9. The Balaban J connectivity index is 1.48. The lowest BCUT2D eigenvalue weighted by atomic mass is 9.95. The molecule has 0 aromatic heterocycles. The van der Waals surface area contributed by atoms with Crippen molar-refractivity contribution in [3.8, 4) is 0 Å². The summed E-state index contributed by atoms with van der Waals surface area (Å²) in [6.45, 7) is 4.21. The highest BCUT2D eigenvalue weighted by Crippen LogP contribution is 2.32. The SMILES string of the molecule is CC1=C(c2ccc(NC(=O)C3=CC=IC=C3F)cc2)CN(C2=CC=CC=I2)CC1. The second-order valence-electron chi connectivity index (χ2n) is 6.86. The first-order valence-electron chi connectivity index (χ1n) is 9.32. The first-order chi connectivity index (χ1) is 14.1. The van der Waals surface area contributed by atoms with Crippen LogP contribution >= 0.6 is 41.5 Å². The maximum Gasteiger partial charge on any atom is 0.258 e. The van der Waals surface area contributed by atoms with Crippen LogP contribution in [-0.4, -0.2) is 31.9 Å². The van der Waals surface area contributed by atoms with Gasteiger partial charge < -0.3 is 10.2 Å². The van der Waals surface area contributed by atoms with Crippen LogP contribution in [-0.2, 0) is 4.79 Å². The van der Waals surface area contributed by atoms with Crippen LogP contribution in [0.5, 0.6) is 0 Å². The normalized spacial score (nSPS) is 19.0. The molecule has 0 saturated carbocycles. The molecular weight excluding hydrogens is 593 g/mol. The number of hydrogen-bond donors (Lipinski definition) is 1. The van der Waals surface area contributed by atoms with E-state index in [4.69, 9.17) is 0 Å². The van der Waals surface area contributed by atoms with Crippen molar-refractivity contribution in [1.82, 2.24) is 4.90 Å². The minimum absolute atomic E-state index is 0.0428. The number of halogens is 3. The Bertz CT molecular complexity index is 1040. The van der Waals surface area contributed by atoms with Crippen molar-refractivity contribution in [3.05, 3.63) is 78.9 Å². The molecule has 4 rings (SSSR count). The van der Waals surface area contributed by atoms with Gasteiger partial charge in [0.25, 0.3) is 5.91 Å². The van der Waals surface area contributed by atoms with E-state index < -0.39 is 32.5 Å². The molecule has 1 amide bonds. The quantitative estimate of drug-likeness (QED) is 0.343. The van der Waals surface area contributed by atoms with Gasteiger partial charge >= 0.3 is 0 Å². The predicted molar refractivity (Wildman–Crippen MR) is 139 cm³/mol. The third-order valence-electron chi connectivity index (χ3n) is 4.97. The van der Waals surface area contributed by atoms with Crippen molar-refractivity contribution in [2.75, 3.05) is 18.4 Å². The van der Waals surface area contributed by atoms with E-state index in [1.165, 1.54) is 24.5 Å². The molecule has 1 aromatic carbocycles. The van der Waals surface area contributed by atoms with Crippen molar-refractivity contribution in [2.45, 2.75) is 13.3 Å². The van der Waals surface area contributed by atoms with Gasteiger partial charge in [0.05, 0.1) is 9.28 Å². The first kappa shape index (κ1) is 20.6. The van der Waals surface area contributed by atoms with Gasteiger partial charge in [-0.1, -0.05) is 71.3 Å². The Labute approximate surface area is 190 Å². The average Bonchev–Trinajstić information content (AvgIpc) is 2.76. The Morgan fingerprint density at radius 3 is 2.69 bits per heavy atom. The summed E-state index contributed by atoms with van der Waals surface area (Å²) in [6, 6.07) is 7.90. The summed E-state index contributed by atoms with van der Waals surface area (Å²) < 4.78 is 21.0. The van der Waals surface area contributed by atoms with Crippen LogP contribution in [0.2, 0.25) is 0 Å². The van der Waals surface area contributed by atoms with E-state index in [-0.39, 0.29) is 26.3 Å². The summed E-state index contributed by atoms with van der Waals surface area (Å²) in [5.74, 6) is -0.812. The molecule has 0 aliphatic carbocycles. The van der Waals surface area contributed by atoms with Crippen LogP contribution in [0.15, 0.2) is 73.3 Å². The number of amides is 1. The van der Waals surface area contributed by atoms with Crippen molar-refractivity contribution in [2.24, 2.45) is 0 Å². The molecular formula is C23H21FI2N2O. The number of allylic oxidation sites excluding steroid dienone is 4. The fraction of sp³-hybridized carbons (Fsp3) is 0.174. The van der Waals surface area contributed by atoms with Crippen molar-refractivity contribution in [1.29, 1.82) is 0 Å². The van der Waals surface area contributed by atoms with E-state index in [9.17, 15) is 9.18 Å². The monoisotopic (exact) mass is 614 g/mol. The molecule has 0 fully saturated rings. The molecule has 0 bridgehead atoms. The van der Waals surface area contributed by atoms with Gasteiger partial charge in [-0.3, -0.25) is 4.79 Å². The van der Waals surface area contributed by atoms with E-state index in [1.807, 2.05) is 28.3 Å². The van der Waals surface area contributed by atoms with Gasteiger partial charge in [-0.15, -0.1) is 0 Å². The van der Waals surface area contributed by atoms with Gasteiger partial charge in [0, 0.05) is 22.9 Å². The zero-order valence-electron chi connectivity index (χ0n) is 16.0. The van der Waals surface area contributed by atoms with E-state index in [0.717, 1.165) is 19.5 Å². The molecule has 0 saturated heterocycles. The zero-order chi connectivity index (χ0) is 20.2. The van der Waals surface area contributed by atoms with Crippen molar-refractivity contribution < 1.29 is 9.18 Å². The molecule has 1 N–H and O–H groups in total. The predicted octanol–water partition coefficient (Wildman–Crippen LogP) is 5.81. The van der Waals surface area contributed by atoms with Crippen LogP contribution in [0.4, 0.5) is 10.1 Å². The summed E-state index contributed by atoms with van der Waals surface area (Å²) in [5.41, 5.74) is 4.75. The number of nitrogens with zero attached hydrogens (tertiary/aromatic N) is 1. The second-order valence-corrected chi connectivity index (χ2v) is 11.4. The third kappa shape index (κ3) is 4.91. The van der Waals surface area contributed by atoms with Gasteiger partial charge in [0.2, 0.25) is 0 Å². The molecule has 3 nitrogen and oxygen atoms in total.